The van der Waals surface area contributed by atoms with Gasteiger partial charge in [-0.1, -0.05) is 24.3 Å². The summed E-state index contributed by atoms with van der Waals surface area (Å²) in [5.41, 5.74) is 5.11. The van der Waals surface area contributed by atoms with Gasteiger partial charge in [0.05, 0.1) is 0 Å². The van der Waals surface area contributed by atoms with Crippen molar-refractivity contribution in [3.63, 3.8) is 0 Å². The van der Waals surface area contributed by atoms with Gasteiger partial charge in [-0.05, 0) is 12.5 Å². The number of rotatable bonds is 4. The van der Waals surface area contributed by atoms with Gasteiger partial charge in [0.1, 0.15) is 17.9 Å². The molecular weight excluding hydrogens is 324 g/mol. The lowest BCUT2D eigenvalue weighted by Gasteiger charge is -2.29. The van der Waals surface area contributed by atoms with Crippen LogP contribution in [0.4, 0.5) is 4.79 Å². The topological polar surface area (TPSA) is 128 Å². The molecule has 0 spiro atoms. The second-order valence-corrected chi connectivity index (χ2v) is 5.19. The van der Waals surface area contributed by atoms with E-state index in [0.717, 1.165) is 0 Å². The Labute approximate surface area is 138 Å². The molecule has 8 nitrogen and oxygen atoms in total. The van der Waals surface area contributed by atoms with Crippen LogP contribution in [0.15, 0.2) is 24.3 Å². The van der Waals surface area contributed by atoms with Crippen molar-refractivity contribution in [1.82, 2.24) is 9.80 Å². The lowest BCUT2D eigenvalue weighted by Crippen LogP contribution is -2.42. The molecule has 1 atom stereocenters. The highest BCUT2D eigenvalue weighted by Crippen LogP contribution is 2.35. The molecule has 2 rings (SSSR count). The number of aliphatic carboxylic acids is 1. The molecule has 23 heavy (non-hydrogen) atoms. The van der Waals surface area contributed by atoms with Gasteiger partial charge in [0.25, 0.3) is 5.91 Å². The van der Waals surface area contributed by atoms with Crippen LogP contribution in [-0.4, -0.2) is 52.2 Å². The van der Waals surface area contributed by atoms with Gasteiger partial charge in [-0.3, -0.25) is 19.9 Å². The quantitative estimate of drug-likeness (QED) is 0.420. The molecule has 3 amide bonds. The number of nitrogens with zero attached hydrogens (tertiary/aromatic N) is 2. The van der Waals surface area contributed by atoms with Crippen molar-refractivity contribution in [2.75, 3.05) is 13.6 Å². The number of imide groups is 1. The molecule has 4 N–H and O–H groups in total. The van der Waals surface area contributed by atoms with Crippen LogP contribution < -0.4 is 5.73 Å². The number of carboxylic acid groups (broad SMARTS) is 1. The average molecular weight is 341 g/mol. The third-order valence-electron chi connectivity index (χ3n) is 3.90. The van der Waals surface area contributed by atoms with E-state index in [-0.39, 0.29) is 18.2 Å². The maximum atomic E-state index is 12.5. The van der Waals surface area contributed by atoms with E-state index in [9.17, 15) is 14.4 Å². The number of amides is 3. The molecule has 0 saturated carbocycles. The van der Waals surface area contributed by atoms with Crippen LogP contribution in [0.1, 0.15) is 18.1 Å². The van der Waals surface area contributed by atoms with Crippen LogP contribution >= 0.6 is 12.4 Å². The number of benzene rings is 1. The van der Waals surface area contributed by atoms with E-state index in [1.54, 1.807) is 31.2 Å². The van der Waals surface area contributed by atoms with Gasteiger partial charge in [0, 0.05) is 12.6 Å². The van der Waals surface area contributed by atoms with Crippen molar-refractivity contribution in [2.24, 2.45) is 5.73 Å². The Kier molecular flexibility index (Phi) is 5.01. The van der Waals surface area contributed by atoms with Crippen LogP contribution in [-0.2, 0) is 15.1 Å². The summed E-state index contributed by atoms with van der Waals surface area (Å²) < 4.78 is 0. The number of carboxylic acids is 1. The molecule has 1 saturated heterocycles. The minimum Gasteiger partial charge on any atom is -0.480 e. The Morgan fingerprint density at radius 1 is 1.30 bits per heavy atom. The van der Waals surface area contributed by atoms with Crippen LogP contribution in [0.3, 0.4) is 0 Å². The molecule has 0 radical (unpaired) electrons. The maximum absolute atomic E-state index is 12.5. The fourth-order valence-electron chi connectivity index (χ4n) is 2.43. The summed E-state index contributed by atoms with van der Waals surface area (Å²) in [4.78, 5) is 37.4. The molecule has 124 valence electrons. The highest BCUT2D eigenvalue weighted by Gasteiger charge is 2.53. The van der Waals surface area contributed by atoms with Crippen LogP contribution in [0.5, 0.6) is 0 Å². The summed E-state index contributed by atoms with van der Waals surface area (Å²) in [6, 6.07) is 5.69. The number of halogens is 1. The third-order valence-corrected chi connectivity index (χ3v) is 3.90. The van der Waals surface area contributed by atoms with E-state index in [1.807, 2.05) is 0 Å². The Hall–Kier alpha value is -2.61. The van der Waals surface area contributed by atoms with Gasteiger partial charge in [-0.15, -0.1) is 12.4 Å². The normalized spacial score (nSPS) is 20.4. The predicted molar refractivity (Wildman–Crippen MR) is 84.6 cm³/mol. The van der Waals surface area contributed by atoms with E-state index in [2.05, 4.69) is 0 Å². The van der Waals surface area contributed by atoms with Crippen molar-refractivity contribution in [2.45, 2.75) is 12.5 Å². The smallest absolute Gasteiger partial charge is 0.328 e. The third kappa shape index (κ3) is 2.85. The van der Waals surface area contributed by atoms with Gasteiger partial charge < -0.3 is 15.7 Å². The van der Waals surface area contributed by atoms with E-state index in [1.165, 1.54) is 11.9 Å². The molecule has 1 aromatic rings. The number of nitrogen functional groups attached to an aromatic ring is 1. The molecule has 0 aromatic heterocycles. The monoisotopic (exact) mass is 340 g/mol. The SMILES string of the molecule is CN1C(=O)N(CC(=O)O)C(=O)[C@@]1(C)c1ccc(C(=N)N)cc1.Cl. The molecule has 1 aliphatic heterocycles. The molecule has 1 fully saturated rings. The van der Waals surface area contributed by atoms with Gasteiger partial charge in [-0.25, -0.2) is 4.79 Å². The first-order valence-corrected chi connectivity index (χ1v) is 6.46. The summed E-state index contributed by atoms with van der Waals surface area (Å²) in [6.45, 7) is 0.876. The summed E-state index contributed by atoms with van der Waals surface area (Å²) in [5.74, 6) is -1.96. The number of likely N-dealkylation sites (N-methyl/N-ethyl adjacent to an activating group) is 1. The second kappa shape index (κ2) is 6.25. The lowest BCUT2D eigenvalue weighted by atomic mass is 9.90. The van der Waals surface area contributed by atoms with E-state index in [4.69, 9.17) is 16.2 Å². The molecule has 0 unspecified atom stereocenters. The van der Waals surface area contributed by atoms with Crippen LogP contribution in [0, 0.1) is 5.41 Å². The summed E-state index contributed by atoms with van der Waals surface area (Å²) >= 11 is 0. The van der Waals surface area contributed by atoms with E-state index < -0.39 is 30.0 Å². The van der Waals surface area contributed by atoms with Crippen molar-refractivity contribution in [1.29, 1.82) is 5.41 Å². The molecule has 9 heteroatoms. The van der Waals surface area contributed by atoms with E-state index >= 15 is 0 Å². The molecular formula is C14H17ClN4O4. The predicted octanol–water partition coefficient (Wildman–Crippen LogP) is 0.586. The van der Waals surface area contributed by atoms with Gasteiger partial charge >= 0.3 is 12.0 Å². The summed E-state index contributed by atoms with van der Waals surface area (Å²) in [5, 5.41) is 16.2. The molecule has 1 heterocycles. The average Bonchev–Trinajstić information content (AvgIpc) is 2.63. The Balaban J connectivity index is 0.00000264. The molecule has 0 aliphatic carbocycles. The largest absolute Gasteiger partial charge is 0.480 e. The first-order chi connectivity index (χ1) is 10.2. The number of hydrogen-bond donors (Lipinski definition) is 3. The Bertz CT molecular complexity index is 676. The van der Waals surface area contributed by atoms with Crippen molar-refractivity contribution in [3.05, 3.63) is 35.4 Å². The summed E-state index contributed by atoms with van der Waals surface area (Å²) in [7, 11) is 1.45. The Morgan fingerprint density at radius 2 is 1.83 bits per heavy atom. The highest BCUT2D eigenvalue weighted by molar-refractivity contribution is 6.08. The molecule has 0 bridgehead atoms. The minimum absolute atomic E-state index is 0. The van der Waals surface area contributed by atoms with Crippen molar-refractivity contribution in [3.8, 4) is 0 Å². The zero-order chi connectivity index (χ0) is 16.7. The maximum Gasteiger partial charge on any atom is 0.328 e. The van der Waals surface area contributed by atoms with Gasteiger partial charge in [0.2, 0.25) is 0 Å². The standard InChI is InChI=1S/C14H16N4O4.ClH/c1-14(9-5-3-8(4-6-9)11(15)16)12(21)18(7-10(19)20)13(22)17(14)2;/h3-6H,7H2,1-2H3,(H3,15,16)(H,19,20);1H/t14-;/m1./s1. The lowest BCUT2D eigenvalue weighted by molar-refractivity contribution is -0.143. The first kappa shape index (κ1) is 18.4. The van der Waals surface area contributed by atoms with Crippen LogP contribution in [0.2, 0.25) is 0 Å². The van der Waals surface area contributed by atoms with Gasteiger partial charge in [-0.2, -0.15) is 0 Å². The zero-order valence-corrected chi connectivity index (χ0v) is 13.4. The first-order valence-electron chi connectivity index (χ1n) is 6.46. The molecule has 1 aliphatic rings. The number of hydrogen-bond acceptors (Lipinski definition) is 4. The van der Waals surface area contributed by atoms with E-state index in [0.29, 0.717) is 16.0 Å². The summed E-state index contributed by atoms with van der Waals surface area (Å²) in [6.07, 6.45) is 0. The fourth-order valence-corrected chi connectivity index (χ4v) is 2.43. The number of carbonyl (C=O) groups excluding carboxylic acids is 2. The Morgan fingerprint density at radius 3 is 2.26 bits per heavy atom. The minimum atomic E-state index is -1.29. The van der Waals surface area contributed by atoms with Gasteiger partial charge in [0.15, 0.2) is 0 Å². The fraction of sp³-hybridized carbons (Fsp3) is 0.286. The highest BCUT2D eigenvalue weighted by atomic mass is 35.5. The second-order valence-electron chi connectivity index (χ2n) is 5.19. The zero-order valence-electron chi connectivity index (χ0n) is 12.6. The van der Waals surface area contributed by atoms with Crippen molar-refractivity contribution < 1.29 is 19.5 Å². The number of urea groups is 1. The van der Waals surface area contributed by atoms with Crippen molar-refractivity contribution >= 4 is 36.2 Å². The number of nitrogens with one attached hydrogen (secondary N) is 1. The number of nitrogens with two attached hydrogens (primary N) is 1. The van der Waals surface area contributed by atoms with Crippen LogP contribution in [0.25, 0.3) is 0 Å². The molecule has 1 aromatic carbocycles. The number of amidine groups is 1. The number of carbonyl (C=O) groups is 3.